The van der Waals surface area contributed by atoms with Crippen molar-refractivity contribution in [3.63, 3.8) is 0 Å². The molecule has 2 rings (SSSR count). The Morgan fingerprint density at radius 2 is 1.76 bits per heavy atom. The fourth-order valence-corrected chi connectivity index (χ4v) is 2.45. The van der Waals surface area contributed by atoms with Gasteiger partial charge in [0.15, 0.2) is 0 Å². The monoisotopic (exact) mass is 297 g/mol. The van der Waals surface area contributed by atoms with E-state index in [-0.39, 0.29) is 16.7 Å². The van der Waals surface area contributed by atoms with Crippen LogP contribution in [-0.2, 0) is 11.6 Å². The molecular weight excluding hydrogens is 279 g/mol. The predicted octanol–water partition coefficient (Wildman–Crippen LogP) is 4.15. The second-order valence-corrected chi connectivity index (χ2v) is 6.05. The first-order valence-electron chi connectivity index (χ1n) is 6.55. The van der Waals surface area contributed by atoms with Gasteiger partial charge in [0.25, 0.3) is 0 Å². The van der Waals surface area contributed by atoms with E-state index in [4.69, 9.17) is 5.84 Å². The summed E-state index contributed by atoms with van der Waals surface area (Å²) in [5, 5.41) is 0.593. The minimum atomic E-state index is -4.52. The molecule has 6 heteroatoms. The lowest BCUT2D eigenvalue weighted by Gasteiger charge is -2.23. The van der Waals surface area contributed by atoms with Gasteiger partial charge < -0.3 is 5.43 Å². The van der Waals surface area contributed by atoms with Crippen molar-refractivity contribution < 1.29 is 13.2 Å². The van der Waals surface area contributed by atoms with Crippen LogP contribution >= 0.6 is 0 Å². The van der Waals surface area contributed by atoms with Crippen LogP contribution in [0.3, 0.4) is 0 Å². The molecule has 0 aliphatic heterocycles. The van der Waals surface area contributed by atoms with Gasteiger partial charge in [0.2, 0.25) is 0 Å². The van der Waals surface area contributed by atoms with Gasteiger partial charge >= 0.3 is 6.18 Å². The summed E-state index contributed by atoms with van der Waals surface area (Å²) in [6.45, 7) is 7.18. The highest BCUT2D eigenvalue weighted by atomic mass is 19.4. The van der Waals surface area contributed by atoms with Crippen LogP contribution in [-0.4, -0.2) is 4.98 Å². The highest BCUT2D eigenvalue weighted by Crippen LogP contribution is 2.39. The highest BCUT2D eigenvalue weighted by molar-refractivity contribution is 5.95. The van der Waals surface area contributed by atoms with Gasteiger partial charge in [0, 0.05) is 10.9 Å². The lowest BCUT2D eigenvalue weighted by atomic mass is 9.85. The number of benzene rings is 1. The topological polar surface area (TPSA) is 50.9 Å². The Labute approximate surface area is 121 Å². The fourth-order valence-electron chi connectivity index (χ4n) is 2.45. The highest BCUT2D eigenvalue weighted by Gasteiger charge is 2.36. The number of rotatable bonds is 1. The third kappa shape index (κ3) is 2.68. The molecule has 0 radical (unpaired) electrons. The zero-order valence-electron chi connectivity index (χ0n) is 12.4. The number of fused-ring (bicyclic) bond motifs is 1. The molecule has 0 unspecified atom stereocenters. The Bertz CT molecular complexity index is 685. The molecule has 1 heterocycles. The number of pyridine rings is 1. The molecule has 0 fully saturated rings. The quantitative estimate of drug-likeness (QED) is 0.614. The summed E-state index contributed by atoms with van der Waals surface area (Å²) in [5.41, 5.74) is 2.51. The number of nitrogens with zero attached hydrogens (tertiary/aromatic N) is 1. The number of hydrogen-bond donors (Lipinski definition) is 2. The number of para-hydroxylation sites is 1. The summed E-state index contributed by atoms with van der Waals surface area (Å²) in [4.78, 5) is 3.90. The van der Waals surface area contributed by atoms with Crippen LogP contribution in [0.2, 0.25) is 0 Å². The molecule has 0 aliphatic carbocycles. The van der Waals surface area contributed by atoms with Crippen molar-refractivity contribution in [2.45, 2.75) is 39.3 Å². The smallest absolute Gasteiger partial charge is 0.323 e. The molecule has 0 bridgehead atoms. The van der Waals surface area contributed by atoms with E-state index in [1.165, 1.54) is 6.92 Å². The molecule has 0 aliphatic rings. The molecule has 1 aromatic carbocycles. The summed E-state index contributed by atoms with van der Waals surface area (Å²) in [7, 11) is 0. The van der Waals surface area contributed by atoms with Crippen LogP contribution < -0.4 is 11.3 Å². The van der Waals surface area contributed by atoms with Crippen LogP contribution in [0.15, 0.2) is 18.2 Å². The van der Waals surface area contributed by atoms with E-state index in [0.29, 0.717) is 10.9 Å². The first-order valence-corrected chi connectivity index (χ1v) is 6.55. The number of aromatic nitrogens is 1. The van der Waals surface area contributed by atoms with Crippen LogP contribution in [0.5, 0.6) is 0 Å². The van der Waals surface area contributed by atoms with Crippen molar-refractivity contribution in [2.24, 2.45) is 5.84 Å². The van der Waals surface area contributed by atoms with Crippen LogP contribution in [0.25, 0.3) is 10.9 Å². The zero-order valence-corrected chi connectivity index (χ0v) is 12.4. The maximum atomic E-state index is 13.2. The van der Waals surface area contributed by atoms with E-state index < -0.39 is 11.9 Å². The SMILES string of the molecule is Cc1c(C(F)(F)F)nc2c(C(C)(C)C)cccc2c1NN. The van der Waals surface area contributed by atoms with E-state index >= 15 is 0 Å². The Balaban J connectivity index is 2.96. The molecule has 0 saturated carbocycles. The number of nitrogens with one attached hydrogen (secondary N) is 1. The number of anilines is 1. The van der Waals surface area contributed by atoms with Crippen molar-refractivity contribution in [3.8, 4) is 0 Å². The van der Waals surface area contributed by atoms with Crippen molar-refractivity contribution >= 4 is 16.6 Å². The average molecular weight is 297 g/mol. The van der Waals surface area contributed by atoms with Crippen molar-refractivity contribution in [1.29, 1.82) is 0 Å². The van der Waals surface area contributed by atoms with E-state index in [2.05, 4.69) is 10.4 Å². The molecule has 21 heavy (non-hydrogen) atoms. The van der Waals surface area contributed by atoms with Crippen LogP contribution in [0.4, 0.5) is 18.9 Å². The fraction of sp³-hybridized carbons (Fsp3) is 0.400. The van der Waals surface area contributed by atoms with Crippen molar-refractivity contribution in [2.75, 3.05) is 5.43 Å². The summed E-state index contributed by atoms with van der Waals surface area (Å²) >= 11 is 0. The largest absolute Gasteiger partial charge is 0.433 e. The van der Waals surface area contributed by atoms with Gasteiger partial charge in [-0.3, -0.25) is 5.84 Å². The van der Waals surface area contributed by atoms with Gasteiger partial charge in [0.05, 0.1) is 11.2 Å². The normalized spacial score (nSPS) is 12.8. The zero-order chi connectivity index (χ0) is 16.0. The molecular formula is C15H18F3N3. The summed E-state index contributed by atoms with van der Waals surface area (Å²) in [6.07, 6.45) is -4.52. The van der Waals surface area contributed by atoms with Crippen LogP contribution in [0.1, 0.15) is 37.6 Å². The molecule has 0 atom stereocenters. The number of alkyl halides is 3. The maximum absolute atomic E-state index is 13.2. The molecule has 0 amide bonds. The number of nitrogen functional groups attached to an aromatic ring is 1. The summed E-state index contributed by atoms with van der Waals surface area (Å²) in [5.74, 6) is 5.44. The number of hydrogen-bond acceptors (Lipinski definition) is 3. The molecule has 2 aromatic rings. The molecule has 3 nitrogen and oxygen atoms in total. The summed E-state index contributed by atoms with van der Waals surface area (Å²) < 4.78 is 39.6. The first kappa shape index (κ1) is 15.6. The van der Waals surface area contributed by atoms with Gasteiger partial charge in [-0.2, -0.15) is 13.2 Å². The number of hydrazine groups is 1. The van der Waals surface area contributed by atoms with E-state index in [0.717, 1.165) is 5.56 Å². The van der Waals surface area contributed by atoms with Gasteiger partial charge in [-0.1, -0.05) is 39.0 Å². The van der Waals surface area contributed by atoms with Crippen LogP contribution in [0, 0.1) is 6.92 Å². The van der Waals surface area contributed by atoms with Crippen molar-refractivity contribution in [1.82, 2.24) is 4.98 Å². The molecule has 0 saturated heterocycles. The van der Waals surface area contributed by atoms with Crippen molar-refractivity contribution in [3.05, 3.63) is 35.0 Å². The molecule has 3 N–H and O–H groups in total. The predicted molar refractivity (Wildman–Crippen MR) is 78.0 cm³/mol. The van der Waals surface area contributed by atoms with E-state index in [9.17, 15) is 13.2 Å². The van der Waals surface area contributed by atoms with E-state index in [1.54, 1.807) is 18.2 Å². The summed E-state index contributed by atoms with van der Waals surface area (Å²) in [6, 6.07) is 5.32. The Morgan fingerprint density at radius 1 is 1.14 bits per heavy atom. The minimum Gasteiger partial charge on any atom is -0.323 e. The third-order valence-corrected chi connectivity index (χ3v) is 3.48. The second kappa shape index (κ2) is 4.87. The third-order valence-electron chi connectivity index (χ3n) is 3.48. The number of nitrogens with two attached hydrogens (primary N) is 1. The minimum absolute atomic E-state index is 0.00330. The Kier molecular flexibility index (Phi) is 3.61. The van der Waals surface area contributed by atoms with Gasteiger partial charge in [-0.15, -0.1) is 0 Å². The van der Waals surface area contributed by atoms with Gasteiger partial charge in [-0.05, 0) is 17.9 Å². The Morgan fingerprint density at radius 3 is 2.24 bits per heavy atom. The van der Waals surface area contributed by atoms with Gasteiger partial charge in [-0.25, -0.2) is 4.98 Å². The second-order valence-electron chi connectivity index (χ2n) is 6.05. The lowest BCUT2D eigenvalue weighted by molar-refractivity contribution is -0.141. The first-order chi connectivity index (χ1) is 9.57. The molecule has 0 spiro atoms. The Hall–Kier alpha value is -1.82. The molecule has 114 valence electrons. The standard InChI is InChI=1S/C15H18F3N3/c1-8-11(21-19)9-6-5-7-10(14(2,3)4)12(9)20-13(8)15(16,17)18/h5-7H,19H2,1-4H3,(H,20,21). The van der Waals surface area contributed by atoms with E-state index in [1.807, 2.05) is 20.8 Å². The average Bonchev–Trinajstić information content (AvgIpc) is 2.34. The number of halogens is 3. The lowest BCUT2D eigenvalue weighted by Crippen LogP contribution is -2.18. The van der Waals surface area contributed by atoms with Gasteiger partial charge in [0.1, 0.15) is 5.69 Å². The maximum Gasteiger partial charge on any atom is 0.433 e. The molecule has 1 aromatic heterocycles.